The van der Waals surface area contributed by atoms with Gasteiger partial charge in [-0.15, -0.1) is 0 Å². The summed E-state index contributed by atoms with van der Waals surface area (Å²) < 4.78 is 0. The van der Waals surface area contributed by atoms with Crippen molar-refractivity contribution in [2.45, 2.75) is 19.4 Å². The number of piperazine rings is 1. The molecular weight excluding hydrogens is 248 g/mol. The maximum Gasteiger partial charge on any atom is 0.273 e. The molecule has 0 saturated carbocycles. The fourth-order valence-electron chi connectivity index (χ4n) is 2.00. The molecule has 0 aliphatic carbocycles. The number of nitrogens with zero attached hydrogens (tertiary/aromatic N) is 2. The molecule has 2 rings (SSSR count). The highest BCUT2D eigenvalue weighted by Crippen LogP contribution is 2.13. The predicted octanol–water partition coefficient (Wildman–Crippen LogP) is -0.459. The van der Waals surface area contributed by atoms with Crippen LogP contribution in [-0.2, 0) is 9.59 Å². The van der Waals surface area contributed by atoms with Crippen molar-refractivity contribution in [3.05, 3.63) is 23.9 Å². The van der Waals surface area contributed by atoms with E-state index in [1.807, 2.05) is 0 Å². The molecule has 0 bridgehead atoms. The third kappa shape index (κ3) is 2.54. The van der Waals surface area contributed by atoms with Gasteiger partial charge in [-0.3, -0.25) is 19.7 Å². The largest absolute Gasteiger partial charge is 0.384 e. The Morgan fingerprint density at radius 2 is 2.26 bits per heavy atom. The maximum atomic E-state index is 12.3. The summed E-state index contributed by atoms with van der Waals surface area (Å²) in [5.74, 6) is -1.21. The molecule has 1 atom stereocenters. The molecule has 1 fully saturated rings. The van der Waals surface area contributed by atoms with E-state index in [1.54, 1.807) is 19.1 Å². The van der Waals surface area contributed by atoms with E-state index in [-0.39, 0.29) is 18.1 Å². The zero-order valence-corrected chi connectivity index (χ0v) is 10.4. The Balaban J connectivity index is 2.30. The number of hydrogen-bond donors (Lipinski definition) is 2. The second kappa shape index (κ2) is 5.05. The van der Waals surface area contributed by atoms with Crippen LogP contribution in [0.5, 0.6) is 0 Å². The topological polar surface area (TPSA) is 105 Å². The lowest BCUT2D eigenvalue weighted by Crippen LogP contribution is -2.59. The Labute approximate surface area is 109 Å². The van der Waals surface area contributed by atoms with E-state index < -0.39 is 23.8 Å². The van der Waals surface area contributed by atoms with Gasteiger partial charge in [0.2, 0.25) is 11.8 Å². The number of aromatic nitrogens is 1. The number of nitrogens with two attached hydrogens (primary N) is 1. The van der Waals surface area contributed by atoms with Gasteiger partial charge >= 0.3 is 0 Å². The number of imide groups is 1. The fraction of sp³-hybridized carbons (Fsp3) is 0.333. The fourth-order valence-corrected chi connectivity index (χ4v) is 2.00. The van der Waals surface area contributed by atoms with Crippen LogP contribution in [0.4, 0.5) is 5.82 Å². The van der Waals surface area contributed by atoms with Crippen molar-refractivity contribution >= 4 is 23.5 Å². The summed E-state index contributed by atoms with van der Waals surface area (Å²) >= 11 is 0. The third-order valence-corrected chi connectivity index (χ3v) is 2.89. The number of carbonyl (C=O) groups excluding carboxylic acids is 3. The summed E-state index contributed by atoms with van der Waals surface area (Å²) in [4.78, 5) is 40.5. The zero-order chi connectivity index (χ0) is 14.0. The summed E-state index contributed by atoms with van der Waals surface area (Å²) in [6, 6.07) is 4.00. The van der Waals surface area contributed by atoms with Crippen molar-refractivity contribution in [2.75, 3.05) is 12.3 Å². The molecular formula is C12H14N4O3. The summed E-state index contributed by atoms with van der Waals surface area (Å²) in [7, 11) is 0. The van der Waals surface area contributed by atoms with E-state index in [1.165, 1.54) is 11.0 Å². The molecule has 3 amide bonds. The van der Waals surface area contributed by atoms with Gasteiger partial charge in [-0.1, -0.05) is 13.0 Å². The van der Waals surface area contributed by atoms with Crippen LogP contribution in [0.1, 0.15) is 23.8 Å². The number of pyridine rings is 1. The van der Waals surface area contributed by atoms with Gasteiger partial charge in [0.05, 0.1) is 0 Å². The summed E-state index contributed by atoms with van der Waals surface area (Å²) in [6.45, 7) is 1.62. The number of amides is 3. The van der Waals surface area contributed by atoms with Crippen molar-refractivity contribution in [1.82, 2.24) is 15.2 Å². The summed E-state index contributed by atoms with van der Waals surface area (Å²) in [5, 5.41) is 2.21. The first-order chi connectivity index (χ1) is 9.02. The maximum absolute atomic E-state index is 12.3. The molecule has 7 nitrogen and oxygen atoms in total. The molecule has 1 aromatic rings. The minimum atomic E-state index is -0.659. The molecule has 3 N–H and O–H groups in total. The Morgan fingerprint density at radius 1 is 1.53 bits per heavy atom. The number of anilines is 1. The van der Waals surface area contributed by atoms with Crippen LogP contribution in [0.25, 0.3) is 0 Å². The van der Waals surface area contributed by atoms with Crippen LogP contribution in [0.3, 0.4) is 0 Å². The van der Waals surface area contributed by atoms with Gasteiger partial charge in [0, 0.05) is 0 Å². The molecule has 19 heavy (non-hydrogen) atoms. The number of rotatable bonds is 2. The van der Waals surface area contributed by atoms with Crippen molar-refractivity contribution in [3.63, 3.8) is 0 Å². The molecule has 0 aromatic carbocycles. The number of nitrogen functional groups attached to an aromatic ring is 1. The Morgan fingerprint density at radius 3 is 2.89 bits per heavy atom. The normalized spacial score (nSPS) is 19.2. The van der Waals surface area contributed by atoms with E-state index in [4.69, 9.17) is 5.73 Å². The first-order valence-corrected chi connectivity index (χ1v) is 5.90. The highest BCUT2D eigenvalue weighted by molar-refractivity contribution is 6.06. The molecule has 0 radical (unpaired) electrons. The zero-order valence-electron chi connectivity index (χ0n) is 10.4. The van der Waals surface area contributed by atoms with Gasteiger partial charge in [0.15, 0.2) is 0 Å². The summed E-state index contributed by atoms with van der Waals surface area (Å²) in [6.07, 6.45) is 0.424. The highest BCUT2D eigenvalue weighted by Gasteiger charge is 2.36. The highest BCUT2D eigenvalue weighted by atomic mass is 16.2. The van der Waals surface area contributed by atoms with Crippen molar-refractivity contribution < 1.29 is 14.4 Å². The second-order valence-corrected chi connectivity index (χ2v) is 4.22. The van der Waals surface area contributed by atoms with Gasteiger partial charge in [0.1, 0.15) is 24.1 Å². The lowest BCUT2D eigenvalue weighted by atomic mass is 10.1. The number of nitrogens with one attached hydrogen (secondary N) is 1. The van der Waals surface area contributed by atoms with E-state index in [0.29, 0.717) is 6.42 Å². The lowest BCUT2D eigenvalue weighted by Gasteiger charge is -2.33. The quantitative estimate of drug-likeness (QED) is 0.702. The lowest BCUT2D eigenvalue weighted by molar-refractivity contribution is -0.138. The number of hydrogen-bond acceptors (Lipinski definition) is 5. The molecule has 1 unspecified atom stereocenters. The van der Waals surface area contributed by atoms with Crippen molar-refractivity contribution in [3.8, 4) is 0 Å². The molecule has 7 heteroatoms. The van der Waals surface area contributed by atoms with Gasteiger partial charge < -0.3 is 10.6 Å². The Bertz CT molecular complexity index is 544. The van der Waals surface area contributed by atoms with Crippen LogP contribution in [0.2, 0.25) is 0 Å². The SMILES string of the molecule is CCC1C(=O)NC(=O)CN1C(=O)c1cccc(N)n1. The minimum Gasteiger partial charge on any atom is -0.384 e. The van der Waals surface area contributed by atoms with Crippen LogP contribution < -0.4 is 11.1 Å². The smallest absolute Gasteiger partial charge is 0.273 e. The van der Waals surface area contributed by atoms with Crippen molar-refractivity contribution in [2.24, 2.45) is 0 Å². The molecule has 0 spiro atoms. The minimum absolute atomic E-state index is 0.126. The van der Waals surface area contributed by atoms with E-state index in [9.17, 15) is 14.4 Å². The Kier molecular flexibility index (Phi) is 3.46. The molecule has 2 heterocycles. The average molecular weight is 262 g/mol. The standard InChI is InChI=1S/C12H14N4O3/c1-2-8-11(18)15-10(17)6-16(8)12(19)7-4-3-5-9(13)14-7/h3-5,8H,2,6H2,1H3,(H2,13,14)(H,15,17,18). The molecule has 100 valence electrons. The average Bonchev–Trinajstić information content (AvgIpc) is 2.37. The monoisotopic (exact) mass is 262 g/mol. The van der Waals surface area contributed by atoms with Gasteiger partial charge in [0.25, 0.3) is 5.91 Å². The predicted molar refractivity (Wildman–Crippen MR) is 66.9 cm³/mol. The molecule has 1 aromatic heterocycles. The van der Waals surface area contributed by atoms with E-state index >= 15 is 0 Å². The number of carbonyl (C=O) groups is 3. The van der Waals surface area contributed by atoms with Crippen LogP contribution in [-0.4, -0.2) is 40.2 Å². The molecule has 1 aliphatic heterocycles. The van der Waals surface area contributed by atoms with Gasteiger partial charge in [-0.25, -0.2) is 4.98 Å². The van der Waals surface area contributed by atoms with Gasteiger partial charge in [-0.05, 0) is 18.6 Å². The van der Waals surface area contributed by atoms with Crippen LogP contribution in [0.15, 0.2) is 18.2 Å². The third-order valence-electron chi connectivity index (χ3n) is 2.89. The first kappa shape index (κ1) is 13.0. The molecule has 1 saturated heterocycles. The first-order valence-electron chi connectivity index (χ1n) is 5.90. The van der Waals surface area contributed by atoms with Gasteiger partial charge in [-0.2, -0.15) is 0 Å². The Hall–Kier alpha value is -2.44. The second-order valence-electron chi connectivity index (χ2n) is 4.22. The van der Waals surface area contributed by atoms with E-state index in [0.717, 1.165) is 0 Å². The van der Waals surface area contributed by atoms with Crippen molar-refractivity contribution in [1.29, 1.82) is 0 Å². The summed E-state index contributed by atoms with van der Waals surface area (Å²) in [5.41, 5.74) is 5.65. The van der Waals surface area contributed by atoms with E-state index in [2.05, 4.69) is 10.3 Å². The van der Waals surface area contributed by atoms with Crippen LogP contribution >= 0.6 is 0 Å². The molecule has 1 aliphatic rings. The van der Waals surface area contributed by atoms with Crippen LogP contribution in [0, 0.1) is 0 Å².